The molecule has 0 radical (unpaired) electrons. The molecule has 1 aromatic rings. The maximum Gasteiger partial charge on any atom is 0.241 e. The molecule has 0 aliphatic carbocycles. The van der Waals surface area contributed by atoms with Gasteiger partial charge in [0, 0.05) is 19.1 Å². The Hall–Kier alpha value is -1.65. The number of benzene rings is 1. The molecule has 2 unspecified atom stereocenters. The van der Waals surface area contributed by atoms with E-state index in [0.29, 0.717) is 13.1 Å². The first-order chi connectivity index (χ1) is 9.61. The Labute approximate surface area is 120 Å². The molecule has 0 bridgehead atoms. The Morgan fingerprint density at radius 3 is 2.65 bits per heavy atom. The summed E-state index contributed by atoms with van der Waals surface area (Å²) in [6, 6.07) is 10.2. The quantitative estimate of drug-likeness (QED) is 0.807. The van der Waals surface area contributed by atoms with E-state index in [9.17, 15) is 4.79 Å². The second-order valence-corrected chi connectivity index (χ2v) is 5.35. The number of amides is 1. The third-order valence-electron chi connectivity index (χ3n) is 3.56. The molecule has 4 nitrogen and oxygen atoms in total. The lowest BCUT2D eigenvalue weighted by molar-refractivity contribution is -0.132. The lowest BCUT2D eigenvalue weighted by Gasteiger charge is -2.24. The Balaban J connectivity index is 1.98. The third-order valence-corrected chi connectivity index (χ3v) is 3.56. The summed E-state index contributed by atoms with van der Waals surface area (Å²) in [6.07, 6.45) is 0.773. The van der Waals surface area contributed by atoms with Crippen molar-refractivity contribution in [1.82, 2.24) is 15.8 Å². The summed E-state index contributed by atoms with van der Waals surface area (Å²) < 4.78 is 0. The average molecular weight is 273 g/mol. The van der Waals surface area contributed by atoms with Gasteiger partial charge in [-0.1, -0.05) is 42.5 Å². The van der Waals surface area contributed by atoms with E-state index < -0.39 is 0 Å². The van der Waals surface area contributed by atoms with Crippen LogP contribution < -0.4 is 10.9 Å². The lowest BCUT2D eigenvalue weighted by atomic mass is 10.0. The van der Waals surface area contributed by atoms with E-state index in [1.54, 1.807) is 0 Å². The minimum Gasteiger partial charge on any atom is -0.338 e. The molecule has 1 amide bonds. The molecule has 1 aliphatic heterocycles. The van der Waals surface area contributed by atoms with Gasteiger partial charge in [0.25, 0.3) is 0 Å². The summed E-state index contributed by atoms with van der Waals surface area (Å²) in [7, 11) is 0. The molecule has 20 heavy (non-hydrogen) atoms. The van der Waals surface area contributed by atoms with Crippen LogP contribution in [0.2, 0.25) is 0 Å². The lowest BCUT2D eigenvalue weighted by Crippen LogP contribution is -2.46. The minimum absolute atomic E-state index is 0.140. The molecule has 2 N–H and O–H groups in total. The van der Waals surface area contributed by atoms with Crippen LogP contribution in [-0.4, -0.2) is 29.9 Å². The van der Waals surface area contributed by atoms with Gasteiger partial charge in [0.05, 0.1) is 0 Å². The SMILES string of the molecule is C=C(C)CN(CC)C(=O)C1CC(c2ccccc2)NN1. The molecule has 2 rings (SSSR count). The van der Waals surface area contributed by atoms with E-state index in [1.165, 1.54) is 5.56 Å². The van der Waals surface area contributed by atoms with Crippen molar-refractivity contribution in [3.8, 4) is 0 Å². The van der Waals surface area contributed by atoms with Crippen LogP contribution in [0.3, 0.4) is 0 Å². The van der Waals surface area contributed by atoms with E-state index in [0.717, 1.165) is 12.0 Å². The highest BCUT2D eigenvalue weighted by Crippen LogP contribution is 2.22. The maximum atomic E-state index is 12.5. The molecule has 4 heteroatoms. The van der Waals surface area contributed by atoms with Gasteiger partial charge in [0.1, 0.15) is 6.04 Å². The van der Waals surface area contributed by atoms with Crippen molar-refractivity contribution >= 4 is 5.91 Å². The molecule has 1 aromatic carbocycles. The van der Waals surface area contributed by atoms with Gasteiger partial charge >= 0.3 is 0 Å². The van der Waals surface area contributed by atoms with Crippen molar-refractivity contribution < 1.29 is 4.79 Å². The van der Waals surface area contributed by atoms with Crippen LogP contribution in [-0.2, 0) is 4.79 Å². The molecular formula is C16H23N3O. The number of hydrogen-bond donors (Lipinski definition) is 2. The Morgan fingerprint density at radius 1 is 1.35 bits per heavy atom. The number of rotatable bonds is 5. The second-order valence-electron chi connectivity index (χ2n) is 5.35. The van der Waals surface area contributed by atoms with E-state index in [2.05, 4.69) is 29.6 Å². The monoisotopic (exact) mass is 273 g/mol. The van der Waals surface area contributed by atoms with Crippen LogP contribution >= 0.6 is 0 Å². The summed E-state index contributed by atoms with van der Waals surface area (Å²) >= 11 is 0. The minimum atomic E-state index is -0.167. The van der Waals surface area contributed by atoms with Gasteiger partial charge in [-0.3, -0.25) is 4.79 Å². The Bertz CT molecular complexity index is 472. The highest BCUT2D eigenvalue weighted by atomic mass is 16.2. The van der Waals surface area contributed by atoms with E-state index in [4.69, 9.17) is 0 Å². The smallest absolute Gasteiger partial charge is 0.241 e. The molecule has 0 saturated carbocycles. The number of carbonyl (C=O) groups is 1. The first kappa shape index (κ1) is 14.8. The van der Waals surface area contributed by atoms with E-state index in [1.807, 2.05) is 36.9 Å². The third kappa shape index (κ3) is 3.46. The number of nitrogens with zero attached hydrogens (tertiary/aromatic N) is 1. The summed E-state index contributed by atoms with van der Waals surface area (Å²) in [6.45, 7) is 9.17. The van der Waals surface area contributed by atoms with Crippen LogP contribution in [0, 0.1) is 0 Å². The normalized spacial score (nSPS) is 21.7. The molecule has 0 aromatic heterocycles. The van der Waals surface area contributed by atoms with Gasteiger partial charge in [-0.2, -0.15) is 0 Å². The molecule has 1 saturated heterocycles. The summed E-state index contributed by atoms with van der Waals surface area (Å²) in [5.41, 5.74) is 8.55. The number of carbonyl (C=O) groups excluding carboxylic acids is 1. The molecule has 1 heterocycles. The van der Waals surface area contributed by atoms with Gasteiger partial charge < -0.3 is 4.90 Å². The standard InChI is InChI=1S/C16H23N3O/c1-4-19(11-12(2)3)16(20)15-10-14(17-18-15)13-8-6-5-7-9-13/h5-9,14-15,17-18H,2,4,10-11H2,1,3H3. The molecular weight excluding hydrogens is 250 g/mol. The predicted octanol–water partition coefficient (Wildman–Crippen LogP) is 2.02. The zero-order valence-electron chi connectivity index (χ0n) is 12.2. The molecule has 108 valence electrons. The predicted molar refractivity (Wildman–Crippen MR) is 80.9 cm³/mol. The van der Waals surface area contributed by atoms with Crippen LogP contribution in [0.4, 0.5) is 0 Å². The van der Waals surface area contributed by atoms with Crippen molar-refractivity contribution in [1.29, 1.82) is 0 Å². The Kier molecular flexibility index (Phi) is 4.93. The number of hydrogen-bond acceptors (Lipinski definition) is 3. The molecule has 1 fully saturated rings. The zero-order chi connectivity index (χ0) is 14.5. The summed E-state index contributed by atoms with van der Waals surface area (Å²) in [4.78, 5) is 14.3. The van der Waals surface area contributed by atoms with E-state index in [-0.39, 0.29) is 18.0 Å². The highest BCUT2D eigenvalue weighted by molar-refractivity contribution is 5.82. The topological polar surface area (TPSA) is 44.4 Å². The second kappa shape index (κ2) is 6.68. The first-order valence-electron chi connectivity index (χ1n) is 7.11. The van der Waals surface area contributed by atoms with E-state index >= 15 is 0 Å². The highest BCUT2D eigenvalue weighted by Gasteiger charge is 2.32. The first-order valence-corrected chi connectivity index (χ1v) is 7.11. The van der Waals surface area contributed by atoms with Gasteiger partial charge in [-0.25, -0.2) is 10.9 Å². The number of likely N-dealkylation sites (N-methyl/N-ethyl adjacent to an activating group) is 1. The molecule has 2 atom stereocenters. The number of hydrazine groups is 1. The fraction of sp³-hybridized carbons (Fsp3) is 0.438. The van der Waals surface area contributed by atoms with Crippen LogP contribution in [0.25, 0.3) is 0 Å². The van der Waals surface area contributed by atoms with Crippen molar-refractivity contribution in [2.24, 2.45) is 0 Å². The van der Waals surface area contributed by atoms with Crippen LogP contribution in [0.15, 0.2) is 42.5 Å². The van der Waals surface area contributed by atoms with Crippen molar-refractivity contribution in [3.05, 3.63) is 48.0 Å². The van der Waals surface area contributed by atoms with Crippen LogP contribution in [0.5, 0.6) is 0 Å². The van der Waals surface area contributed by atoms with Gasteiger partial charge in [-0.15, -0.1) is 0 Å². The van der Waals surface area contributed by atoms with Gasteiger partial charge in [0.15, 0.2) is 0 Å². The zero-order valence-corrected chi connectivity index (χ0v) is 12.2. The van der Waals surface area contributed by atoms with Crippen molar-refractivity contribution in [3.63, 3.8) is 0 Å². The summed E-state index contributed by atoms with van der Waals surface area (Å²) in [5, 5.41) is 0. The largest absolute Gasteiger partial charge is 0.338 e. The number of nitrogens with one attached hydrogen (secondary N) is 2. The molecule has 1 aliphatic rings. The summed E-state index contributed by atoms with van der Waals surface area (Å²) in [5.74, 6) is 0.140. The van der Waals surface area contributed by atoms with Crippen molar-refractivity contribution in [2.45, 2.75) is 32.4 Å². The molecule has 0 spiro atoms. The van der Waals surface area contributed by atoms with Crippen LogP contribution in [0.1, 0.15) is 31.9 Å². The van der Waals surface area contributed by atoms with Gasteiger partial charge in [0.2, 0.25) is 5.91 Å². The van der Waals surface area contributed by atoms with Crippen molar-refractivity contribution in [2.75, 3.05) is 13.1 Å². The average Bonchev–Trinajstić information content (AvgIpc) is 2.94. The maximum absolute atomic E-state index is 12.5. The fourth-order valence-corrected chi connectivity index (χ4v) is 2.51. The fourth-order valence-electron chi connectivity index (χ4n) is 2.51. The van der Waals surface area contributed by atoms with Gasteiger partial charge in [-0.05, 0) is 25.8 Å². The Morgan fingerprint density at radius 2 is 2.05 bits per heavy atom.